The van der Waals surface area contributed by atoms with Crippen molar-refractivity contribution in [2.75, 3.05) is 19.5 Å². The number of nitrogens with one attached hydrogen (secondary N) is 3. The highest BCUT2D eigenvalue weighted by atomic mass is 35.5. The fourth-order valence-corrected chi connectivity index (χ4v) is 2.47. The predicted octanol–water partition coefficient (Wildman–Crippen LogP) is 2.84. The molecule has 0 atom stereocenters. The molecule has 8 nitrogen and oxygen atoms in total. The number of hydrazine groups is 1. The van der Waals surface area contributed by atoms with Crippen molar-refractivity contribution >= 4 is 29.1 Å². The Kier molecular flexibility index (Phi) is 7.11. The van der Waals surface area contributed by atoms with Gasteiger partial charge in [0.25, 0.3) is 5.91 Å². The number of amides is 2. The number of benzene rings is 2. The summed E-state index contributed by atoms with van der Waals surface area (Å²) < 4.78 is 10.3. The van der Waals surface area contributed by atoms with Crippen molar-refractivity contribution in [2.24, 2.45) is 0 Å². The summed E-state index contributed by atoms with van der Waals surface area (Å²) in [6, 6.07) is 8.94. The molecule has 0 radical (unpaired) electrons. The Morgan fingerprint density at radius 3 is 2.43 bits per heavy atom. The van der Waals surface area contributed by atoms with Gasteiger partial charge in [-0.2, -0.15) is 0 Å². The van der Waals surface area contributed by atoms with Crippen LogP contribution in [0, 0.1) is 0 Å². The van der Waals surface area contributed by atoms with Crippen molar-refractivity contribution in [3.8, 4) is 17.2 Å². The van der Waals surface area contributed by atoms with Crippen molar-refractivity contribution in [2.45, 2.75) is 6.92 Å². The molecule has 0 fully saturated rings. The molecule has 0 heterocycles. The van der Waals surface area contributed by atoms with E-state index < -0.39 is 11.8 Å². The summed E-state index contributed by atoms with van der Waals surface area (Å²) in [5.74, 6) is -0.190. The Bertz CT molecular complexity index is 914. The molecule has 4 N–H and O–H groups in total. The lowest BCUT2D eigenvalue weighted by Gasteiger charge is -2.13. The first-order valence-electron chi connectivity index (χ1n) is 8.10. The zero-order chi connectivity index (χ0) is 20.7. The summed E-state index contributed by atoms with van der Waals surface area (Å²) in [7, 11) is 2.91. The third-order valence-corrected chi connectivity index (χ3v) is 3.86. The van der Waals surface area contributed by atoms with Gasteiger partial charge >= 0.3 is 0 Å². The van der Waals surface area contributed by atoms with Gasteiger partial charge in [0.15, 0.2) is 0 Å². The zero-order valence-corrected chi connectivity index (χ0v) is 16.3. The van der Waals surface area contributed by atoms with E-state index in [1.54, 1.807) is 25.1 Å². The molecule has 2 amide bonds. The summed E-state index contributed by atoms with van der Waals surface area (Å²) in [6.45, 7) is 1.60. The van der Waals surface area contributed by atoms with Crippen LogP contribution in [0.2, 0.25) is 5.02 Å². The SMILES string of the molecule is COc1cc(NC(=O)/C=C(/C)NNC(=O)c2cccc(O)c2)c(OC)cc1Cl. The number of carbonyl (C=O) groups is 2. The maximum Gasteiger partial charge on any atom is 0.269 e. The second kappa shape index (κ2) is 9.52. The summed E-state index contributed by atoms with van der Waals surface area (Å²) in [5, 5.41) is 12.4. The van der Waals surface area contributed by atoms with Gasteiger partial charge in [0.1, 0.15) is 17.2 Å². The fourth-order valence-electron chi connectivity index (χ4n) is 2.23. The van der Waals surface area contributed by atoms with Gasteiger partial charge in [-0.05, 0) is 25.1 Å². The molecule has 0 saturated carbocycles. The van der Waals surface area contributed by atoms with Crippen LogP contribution in [0.1, 0.15) is 17.3 Å². The number of carbonyl (C=O) groups excluding carboxylic acids is 2. The van der Waals surface area contributed by atoms with E-state index in [-0.39, 0.29) is 11.3 Å². The minimum atomic E-state index is -0.465. The van der Waals surface area contributed by atoms with Gasteiger partial charge in [0.05, 0.1) is 24.9 Å². The molecule has 28 heavy (non-hydrogen) atoms. The number of anilines is 1. The first-order valence-corrected chi connectivity index (χ1v) is 8.48. The highest BCUT2D eigenvalue weighted by Gasteiger charge is 2.12. The quantitative estimate of drug-likeness (QED) is 0.416. The Hall–Kier alpha value is -3.39. The van der Waals surface area contributed by atoms with E-state index in [2.05, 4.69) is 16.2 Å². The number of ether oxygens (including phenoxy) is 2. The molecule has 0 aliphatic rings. The second-order valence-electron chi connectivity index (χ2n) is 5.63. The fraction of sp³-hybridized carbons (Fsp3) is 0.158. The number of phenolic OH excluding ortho intramolecular Hbond substituents is 1. The van der Waals surface area contributed by atoms with Crippen molar-refractivity contribution in [3.05, 3.63) is 58.8 Å². The van der Waals surface area contributed by atoms with Crippen LogP contribution in [0.25, 0.3) is 0 Å². The van der Waals surface area contributed by atoms with E-state index in [1.165, 1.54) is 38.5 Å². The van der Waals surface area contributed by atoms with E-state index in [9.17, 15) is 14.7 Å². The normalized spacial score (nSPS) is 10.8. The van der Waals surface area contributed by atoms with Gasteiger partial charge in [-0.15, -0.1) is 0 Å². The molecular weight excluding hydrogens is 386 g/mol. The largest absolute Gasteiger partial charge is 0.508 e. The second-order valence-corrected chi connectivity index (χ2v) is 6.04. The average Bonchev–Trinajstić information content (AvgIpc) is 2.66. The Morgan fingerprint density at radius 1 is 1.07 bits per heavy atom. The number of rotatable bonds is 7. The highest BCUT2D eigenvalue weighted by molar-refractivity contribution is 6.32. The number of aromatic hydroxyl groups is 1. The zero-order valence-electron chi connectivity index (χ0n) is 15.5. The smallest absolute Gasteiger partial charge is 0.269 e. The van der Waals surface area contributed by atoms with Gasteiger partial charge in [-0.25, -0.2) is 0 Å². The van der Waals surface area contributed by atoms with Gasteiger partial charge in [0.2, 0.25) is 5.91 Å². The number of hydrogen-bond acceptors (Lipinski definition) is 6. The van der Waals surface area contributed by atoms with E-state index in [4.69, 9.17) is 21.1 Å². The van der Waals surface area contributed by atoms with Crippen LogP contribution in [0.4, 0.5) is 5.69 Å². The maximum absolute atomic E-state index is 12.2. The van der Waals surface area contributed by atoms with Crippen molar-refractivity contribution in [1.29, 1.82) is 0 Å². The van der Waals surface area contributed by atoms with E-state index in [1.807, 2.05) is 0 Å². The Morgan fingerprint density at radius 2 is 1.79 bits per heavy atom. The topological polar surface area (TPSA) is 109 Å². The van der Waals surface area contributed by atoms with Crippen molar-refractivity contribution < 1.29 is 24.2 Å². The summed E-state index contributed by atoms with van der Waals surface area (Å²) >= 11 is 6.04. The average molecular weight is 406 g/mol. The summed E-state index contributed by atoms with van der Waals surface area (Å²) in [6.07, 6.45) is 1.25. The summed E-state index contributed by atoms with van der Waals surface area (Å²) in [5.41, 5.74) is 6.08. The first-order chi connectivity index (χ1) is 13.3. The third kappa shape index (κ3) is 5.55. The lowest BCUT2D eigenvalue weighted by Crippen LogP contribution is -2.36. The predicted molar refractivity (Wildman–Crippen MR) is 106 cm³/mol. The van der Waals surface area contributed by atoms with E-state index in [0.717, 1.165) is 0 Å². The molecule has 0 saturated heterocycles. The minimum absolute atomic E-state index is 0.0216. The van der Waals surface area contributed by atoms with Crippen LogP contribution >= 0.6 is 11.6 Å². The standard InChI is InChI=1S/C19H20ClN3O5/c1-11(22-23-19(26)12-5-4-6-13(24)8-12)7-18(25)21-15-10-16(27-2)14(20)9-17(15)28-3/h4-10,22,24H,1-3H3,(H,21,25)(H,23,26)/b11-7-. The van der Waals surface area contributed by atoms with Gasteiger partial charge < -0.3 is 25.3 Å². The molecule has 0 spiro atoms. The number of halogens is 1. The maximum atomic E-state index is 12.2. The van der Waals surface area contributed by atoms with Gasteiger partial charge in [0, 0.05) is 29.5 Å². The lowest BCUT2D eigenvalue weighted by atomic mass is 10.2. The Balaban J connectivity index is 2.01. The number of phenols is 1. The molecule has 0 bridgehead atoms. The summed E-state index contributed by atoms with van der Waals surface area (Å²) in [4.78, 5) is 24.2. The van der Waals surface area contributed by atoms with Crippen LogP contribution in [-0.4, -0.2) is 31.1 Å². The van der Waals surface area contributed by atoms with Gasteiger partial charge in [-0.3, -0.25) is 15.0 Å². The molecule has 2 rings (SSSR count). The molecular formula is C19H20ClN3O5. The molecule has 0 aliphatic carbocycles. The van der Waals surface area contributed by atoms with Crippen LogP contribution in [0.15, 0.2) is 48.2 Å². The molecule has 9 heteroatoms. The molecule has 0 aromatic heterocycles. The van der Waals surface area contributed by atoms with Crippen molar-refractivity contribution in [3.63, 3.8) is 0 Å². The molecule has 0 aliphatic heterocycles. The molecule has 148 valence electrons. The van der Waals surface area contributed by atoms with Gasteiger partial charge in [-0.1, -0.05) is 17.7 Å². The molecule has 0 unspecified atom stereocenters. The number of allylic oxidation sites excluding steroid dienone is 1. The number of methoxy groups -OCH3 is 2. The third-order valence-electron chi connectivity index (χ3n) is 3.56. The van der Waals surface area contributed by atoms with Crippen LogP contribution in [-0.2, 0) is 4.79 Å². The van der Waals surface area contributed by atoms with Crippen molar-refractivity contribution in [1.82, 2.24) is 10.9 Å². The Labute approximate surface area is 167 Å². The van der Waals surface area contributed by atoms with Crippen LogP contribution in [0.3, 0.4) is 0 Å². The minimum Gasteiger partial charge on any atom is -0.508 e. The first kappa shape index (κ1) is 20.9. The molecule has 2 aromatic carbocycles. The van der Waals surface area contributed by atoms with E-state index >= 15 is 0 Å². The van der Waals surface area contributed by atoms with Crippen LogP contribution in [0.5, 0.6) is 17.2 Å². The highest BCUT2D eigenvalue weighted by Crippen LogP contribution is 2.35. The van der Waals surface area contributed by atoms with E-state index in [0.29, 0.717) is 27.9 Å². The molecule has 2 aromatic rings. The lowest BCUT2D eigenvalue weighted by molar-refractivity contribution is -0.112. The number of hydrogen-bond donors (Lipinski definition) is 4. The monoisotopic (exact) mass is 405 g/mol. The van der Waals surface area contributed by atoms with Crippen LogP contribution < -0.4 is 25.6 Å².